The summed E-state index contributed by atoms with van der Waals surface area (Å²) in [5, 5.41) is -0.265. The van der Waals surface area contributed by atoms with E-state index in [1.165, 1.54) is 11.8 Å². The number of nitrogens with two attached hydrogens (primary N) is 2. The maximum absolute atomic E-state index is 11.2. The van der Waals surface area contributed by atoms with Gasteiger partial charge in [-0.2, -0.15) is 0 Å². The zero-order chi connectivity index (χ0) is 11.4. The van der Waals surface area contributed by atoms with Crippen molar-refractivity contribution in [1.29, 1.82) is 0 Å². The lowest BCUT2D eigenvalue weighted by molar-refractivity contribution is -0.120. The molecule has 0 spiro atoms. The van der Waals surface area contributed by atoms with Crippen LogP contribution in [0.5, 0.6) is 0 Å². The number of benzene rings is 1. The first-order valence-electron chi connectivity index (χ1n) is 4.26. The quantitative estimate of drug-likeness (QED) is 0.259. The molecule has 0 heterocycles. The van der Waals surface area contributed by atoms with E-state index in [1.807, 2.05) is 12.1 Å². The van der Waals surface area contributed by atoms with Gasteiger partial charge in [0, 0.05) is 15.1 Å². The predicted octanol–water partition coefficient (Wildman–Crippen LogP) is 1.50. The van der Waals surface area contributed by atoms with E-state index in [-0.39, 0.29) is 11.2 Å². The Hall–Kier alpha value is -0.720. The number of hydrogen-bond donors (Lipinski definition) is 3. The fourth-order valence-corrected chi connectivity index (χ4v) is 2.26. The van der Waals surface area contributed by atoms with Crippen LogP contribution in [0, 0.1) is 0 Å². The van der Waals surface area contributed by atoms with Gasteiger partial charge in [-0.1, -0.05) is 15.9 Å². The molecule has 82 valence electrons. The standard InChI is InChI=1S/C9H12BrN3OS/c1-5(9(14)13-12)15-8-3-2-6(10)4-7(8)11/h2-5H,11-12H2,1H3,(H,13,14). The third kappa shape index (κ3) is 3.40. The number of anilines is 1. The van der Waals surface area contributed by atoms with Gasteiger partial charge in [-0.25, -0.2) is 5.84 Å². The van der Waals surface area contributed by atoms with E-state index in [0.29, 0.717) is 5.69 Å². The second-order valence-corrected chi connectivity index (χ2v) is 5.25. The molecule has 0 radical (unpaired) electrons. The molecular weight excluding hydrogens is 278 g/mol. The van der Waals surface area contributed by atoms with E-state index < -0.39 is 0 Å². The minimum absolute atomic E-state index is 0.220. The number of thioether (sulfide) groups is 1. The molecule has 0 saturated carbocycles. The summed E-state index contributed by atoms with van der Waals surface area (Å²) in [6, 6.07) is 5.55. The molecule has 1 amide bonds. The highest BCUT2D eigenvalue weighted by molar-refractivity contribution is 9.10. The number of nitrogens with one attached hydrogen (secondary N) is 1. The van der Waals surface area contributed by atoms with Crippen molar-refractivity contribution in [3.8, 4) is 0 Å². The minimum Gasteiger partial charge on any atom is -0.398 e. The van der Waals surface area contributed by atoms with Crippen LogP contribution in [0.25, 0.3) is 0 Å². The number of amides is 1. The van der Waals surface area contributed by atoms with E-state index in [9.17, 15) is 4.79 Å². The zero-order valence-electron chi connectivity index (χ0n) is 8.16. The van der Waals surface area contributed by atoms with Gasteiger partial charge >= 0.3 is 0 Å². The highest BCUT2D eigenvalue weighted by Gasteiger charge is 2.14. The average Bonchev–Trinajstić information content (AvgIpc) is 2.20. The Kier molecular flexibility index (Phi) is 4.44. The van der Waals surface area contributed by atoms with E-state index in [0.717, 1.165) is 9.37 Å². The van der Waals surface area contributed by atoms with Crippen LogP contribution in [0.4, 0.5) is 5.69 Å². The van der Waals surface area contributed by atoms with E-state index in [2.05, 4.69) is 21.4 Å². The monoisotopic (exact) mass is 289 g/mol. The molecule has 15 heavy (non-hydrogen) atoms. The van der Waals surface area contributed by atoms with E-state index >= 15 is 0 Å². The van der Waals surface area contributed by atoms with Gasteiger partial charge in [0.25, 0.3) is 0 Å². The summed E-state index contributed by atoms with van der Waals surface area (Å²) < 4.78 is 0.917. The minimum atomic E-state index is -0.265. The van der Waals surface area contributed by atoms with Crippen LogP contribution in [0.2, 0.25) is 0 Å². The lowest BCUT2D eigenvalue weighted by atomic mass is 10.3. The fourth-order valence-electron chi connectivity index (χ4n) is 0.988. The molecule has 1 rings (SSSR count). The van der Waals surface area contributed by atoms with Gasteiger partial charge < -0.3 is 5.73 Å². The Bertz CT molecular complexity index is 372. The fraction of sp³-hybridized carbons (Fsp3) is 0.222. The van der Waals surface area contributed by atoms with Crippen molar-refractivity contribution in [2.75, 3.05) is 5.73 Å². The van der Waals surface area contributed by atoms with Crippen LogP contribution in [-0.2, 0) is 4.79 Å². The highest BCUT2D eigenvalue weighted by atomic mass is 79.9. The van der Waals surface area contributed by atoms with Crippen molar-refractivity contribution >= 4 is 39.3 Å². The summed E-state index contributed by atoms with van der Waals surface area (Å²) in [4.78, 5) is 12.1. The maximum atomic E-state index is 11.2. The summed E-state index contributed by atoms with van der Waals surface area (Å²) in [6.07, 6.45) is 0. The molecule has 0 bridgehead atoms. The largest absolute Gasteiger partial charge is 0.398 e. The molecule has 1 atom stereocenters. The summed E-state index contributed by atoms with van der Waals surface area (Å²) in [7, 11) is 0. The number of halogens is 1. The van der Waals surface area contributed by atoms with Crippen molar-refractivity contribution < 1.29 is 4.79 Å². The first kappa shape index (κ1) is 12.4. The van der Waals surface area contributed by atoms with Crippen molar-refractivity contribution in [3.63, 3.8) is 0 Å². The predicted molar refractivity (Wildman–Crippen MR) is 66.2 cm³/mol. The van der Waals surface area contributed by atoms with Gasteiger partial charge in [0.2, 0.25) is 5.91 Å². The number of rotatable bonds is 3. The molecule has 1 unspecified atom stereocenters. The molecule has 1 aromatic carbocycles. The summed E-state index contributed by atoms with van der Waals surface area (Å²) in [5.41, 5.74) is 8.55. The van der Waals surface area contributed by atoms with Gasteiger partial charge in [0.05, 0.1) is 5.25 Å². The molecule has 6 heteroatoms. The molecule has 0 aromatic heterocycles. The smallest absolute Gasteiger partial charge is 0.247 e. The first-order chi connectivity index (χ1) is 7.04. The first-order valence-corrected chi connectivity index (χ1v) is 5.94. The summed E-state index contributed by atoms with van der Waals surface area (Å²) in [5.74, 6) is 4.82. The Labute approximate surface area is 101 Å². The molecule has 0 aliphatic carbocycles. The van der Waals surface area contributed by atoms with Gasteiger partial charge in [0.15, 0.2) is 0 Å². The van der Waals surface area contributed by atoms with Crippen molar-refractivity contribution in [1.82, 2.24) is 5.43 Å². The molecule has 0 aliphatic heterocycles. The Morgan fingerprint density at radius 3 is 2.80 bits per heavy atom. The third-order valence-electron chi connectivity index (χ3n) is 1.79. The average molecular weight is 290 g/mol. The number of nitrogen functional groups attached to an aromatic ring is 1. The van der Waals surface area contributed by atoms with Crippen LogP contribution in [0.3, 0.4) is 0 Å². The van der Waals surface area contributed by atoms with Gasteiger partial charge in [-0.15, -0.1) is 11.8 Å². The zero-order valence-corrected chi connectivity index (χ0v) is 10.6. The Balaban J connectivity index is 2.76. The van der Waals surface area contributed by atoms with Gasteiger partial charge in [-0.05, 0) is 25.1 Å². The summed E-state index contributed by atoms with van der Waals surface area (Å²) in [6.45, 7) is 1.77. The lowest BCUT2D eigenvalue weighted by Gasteiger charge is -2.11. The molecule has 5 N–H and O–H groups in total. The van der Waals surface area contributed by atoms with Crippen LogP contribution in [0.1, 0.15) is 6.92 Å². The Morgan fingerprint density at radius 2 is 2.27 bits per heavy atom. The number of carbonyl (C=O) groups excluding carboxylic acids is 1. The van der Waals surface area contributed by atoms with Gasteiger partial charge in [-0.3, -0.25) is 10.2 Å². The summed E-state index contributed by atoms with van der Waals surface area (Å²) >= 11 is 4.69. The molecular formula is C9H12BrN3OS. The highest BCUT2D eigenvalue weighted by Crippen LogP contribution is 2.30. The van der Waals surface area contributed by atoms with Crippen molar-refractivity contribution in [3.05, 3.63) is 22.7 Å². The molecule has 0 fully saturated rings. The SMILES string of the molecule is CC(Sc1ccc(Br)cc1N)C(=O)NN. The van der Waals surface area contributed by atoms with Crippen molar-refractivity contribution in [2.24, 2.45) is 5.84 Å². The van der Waals surface area contributed by atoms with Crippen LogP contribution < -0.4 is 17.0 Å². The van der Waals surface area contributed by atoms with Crippen molar-refractivity contribution in [2.45, 2.75) is 17.1 Å². The van der Waals surface area contributed by atoms with Gasteiger partial charge in [0.1, 0.15) is 0 Å². The number of hydrogen-bond acceptors (Lipinski definition) is 4. The molecule has 0 saturated heterocycles. The molecule has 1 aromatic rings. The second-order valence-electron chi connectivity index (χ2n) is 2.95. The van der Waals surface area contributed by atoms with E-state index in [1.54, 1.807) is 13.0 Å². The number of hydrazine groups is 1. The maximum Gasteiger partial charge on any atom is 0.247 e. The third-order valence-corrected chi connectivity index (χ3v) is 3.47. The van der Waals surface area contributed by atoms with Crippen LogP contribution >= 0.6 is 27.7 Å². The molecule has 4 nitrogen and oxygen atoms in total. The number of carbonyl (C=O) groups is 1. The van der Waals surface area contributed by atoms with Crippen LogP contribution in [-0.4, -0.2) is 11.2 Å². The van der Waals surface area contributed by atoms with E-state index in [4.69, 9.17) is 11.6 Å². The van der Waals surface area contributed by atoms with Crippen LogP contribution in [0.15, 0.2) is 27.6 Å². The normalized spacial score (nSPS) is 12.2. The molecule has 0 aliphatic rings. The second kappa shape index (κ2) is 5.39. The topological polar surface area (TPSA) is 81.1 Å². The Morgan fingerprint density at radius 1 is 1.60 bits per heavy atom. The lowest BCUT2D eigenvalue weighted by Crippen LogP contribution is -2.36.